The van der Waals surface area contributed by atoms with E-state index in [2.05, 4.69) is 49.2 Å². The Bertz CT molecular complexity index is 1470. The lowest BCUT2D eigenvalue weighted by atomic mass is 9.89. The van der Waals surface area contributed by atoms with E-state index in [1.807, 2.05) is 0 Å². The summed E-state index contributed by atoms with van der Waals surface area (Å²) in [5, 5.41) is 34.3. The fraction of sp³-hybridized carbons (Fsp3) is 0.639. The second-order valence-corrected chi connectivity index (χ2v) is 15.3. The van der Waals surface area contributed by atoms with E-state index in [9.17, 15) is 44.0 Å². The van der Waals surface area contributed by atoms with E-state index in [0.29, 0.717) is 5.33 Å². The number of alkyl halides is 1. The molecular weight excluding hydrogens is 772 g/mol. The van der Waals surface area contributed by atoms with Gasteiger partial charge in [0.1, 0.15) is 22.2 Å². The number of rotatable bonds is 2. The Balaban J connectivity index is -0.000000645. The summed E-state index contributed by atoms with van der Waals surface area (Å²) in [6.07, 6.45) is 15.0. The number of imide groups is 3. The molecule has 3 aliphatic heterocycles. The topological polar surface area (TPSA) is 226 Å². The van der Waals surface area contributed by atoms with Crippen molar-refractivity contribution < 1.29 is 54.1 Å². The van der Waals surface area contributed by atoms with E-state index < -0.39 is 62.8 Å². The van der Waals surface area contributed by atoms with Gasteiger partial charge < -0.3 is 15.3 Å². The Labute approximate surface area is 327 Å². The molecule has 304 valence electrons. The number of halogens is 1. The second-order valence-electron chi connectivity index (χ2n) is 14.7. The molecule has 5 N–H and O–H groups in total. The number of hydroxylamine groups is 4. The molecule has 54 heavy (non-hydrogen) atoms. The number of nitrogens with one attached hydrogen (secondary N) is 2. The Morgan fingerprint density at radius 1 is 0.648 bits per heavy atom. The fourth-order valence-corrected chi connectivity index (χ4v) is 5.06. The smallest absolute Gasteiger partial charge is 0.312 e. The summed E-state index contributed by atoms with van der Waals surface area (Å²) in [5.74, 6) is 3.76. The third kappa shape index (κ3) is 12.7. The average molecular weight is 830 g/mol. The van der Waals surface area contributed by atoms with Crippen molar-refractivity contribution in [3.63, 3.8) is 0 Å². The highest BCUT2D eigenvalue weighted by Gasteiger charge is 2.56. The zero-order valence-corrected chi connectivity index (χ0v) is 34.2. The highest BCUT2D eigenvalue weighted by molar-refractivity contribution is 9.09. The number of carbonyl (C=O) groups is 7. The van der Waals surface area contributed by atoms with Crippen molar-refractivity contribution in [2.45, 2.75) is 131 Å². The van der Waals surface area contributed by atoms with Crippen LogP contribution in [-0.2, 0) is 38.4 Å². The van der Waals surface area contributed by atoms with Crippen molar-refractivity contribution in [2.75, 3.05) is 18.4 Å². The summed E-state index contributed by atoms with van der Waals surface area (Å²) in [6.45, 7) is 20.4. The van der Waals surface area contributed by atoms with E-state index >= 15 is 0 Å². The molecule has 0 unspecified atom stereocenters. The number of terminal acetylenes is 3. The molecule has 0 atom stereocenters. The summed E-state index contributed by atoms with van der Waals surface area (Å²) >= 11 is 3.01. The lowest BCUT2D eigenvalue weighted by Gasteiger charge is -2.49. The molecule has 3 rings (SSSR count). The van der Waals surface area contributed by atoms with Gasteiger partial charge in [0.25, 0.3) is 11.8 Å². The minimum absolute atomic E-state index is 0. The number of piperazine rings is 3. The number of hydrogen-bond donors (Lipinski definition) is 5. The number of hydrogen-bond acceptors (Lipinski definition) is 14. The molecule has 0 aromatic carbocycles. The van der Waals surface area contributed by atoms with Gasteiger partial charge in [-0.1, -0.05) is 41.1 Å². The molecule has 18 heteroatoms. The largest absolute Gasteiger partial charge is 0.339 e. The van der Waals surface area contributed by atoms with Crippen molar-refractivity contribution in [3.8, 4) is 37.0 Å². The quantitative estimate of drug-likeness (QED) is 0.0882. The van der Waals surface area contributed by atoms with Crippen LogP contribution in [0.25, 0.3) is 0 Å². The molecule has 3 heterocycles. The van der Waals surface area contributed by atoms with Crippen LogP contribution in [0.5, 0.6) is 0 Å². The van der Waals surface area contributed by atoms with Crippen LogP contribution >= 0.6 is 15.9 Å². The minimum atomic E-state index is -1.16. The van der Waals surface area contributed by atoms with Gasteiger partial charge in [-0.15, -0.1) is 19.3 Å². The first-order valence-electron chi connectivity index (χ1n) is 15.8. The maximum absolute atomic E-state index is 12.0. The van der Waals surface area contributed by atoms with Crippen molar-refractivity contribution >= 4 is 57.3 Å². The Morgan fingerprint density at radius 3 is 1.15 bits per heavy atom. The molecule has 0 aromatic heterocycles. The molecule has 3 saturated heterocycles. The molecular formula is C36H57BrN6O11. The molecule has 0 saturated carbocycles. The van der Waals surface area contributed by atoms with Crippen LogP contribution in [0.4, 0.5) is 0 Å². The van der Waals surface area contributed by atoms with Crippen LogP contribution in [0, 0.1) is 37.0 Å². The van der Waals surface area contributed by atoms with Gasteiger partial charge in [0, 0.05) is 6.92 Å². The van der Waals surface area contributed by atoms with E-state index in [0.717, 1.165) is 26.8 Å². The molecule has 0 aromatic rings. The number of carbonyl (C=O) groups excluding carboxylic acids is 7. The third-order valence-electron chi connectivity index (χ3n) is 7.88. The molecule has 3 fully saturated rings. The van der Waals surface area contributed by atoms with Crippen LogP contribution in [0.3, 0.4) is 0 Å². The van der Waals surface area contributed by atoms with Crippen molar-refractivity contribution in [3.05, 3.63) is 0 Å². The zero-order chi connectivity index (χ0) is 42.7. The monoisotopic (exact) mass is 828 g/mol. The zero-order valence-electron chi connectivity index (χ0n) is 32.6. The predicted molar refractivity (Wildman–Crippen MR) is 203 cm³/mol. The van der Waals surface area contributed by atoms with Gasteiger partial charge in [-0.3, -0.25) is 49.2 Å². The number of nitrogens with zero attached hydrogens (tertiary/aromatic N) is 4. The first-order chi connectivity index (χ1) is 23.8. The normalized spacial score (nSPS) is 21.4. The van der Waals surface area contributed by atoms with Crippen molar-refractivity contribution in [1.29, 1.82) is 0 Å². The van der Waals surface area contributed by atoms with Crippen LogP contribution in [-0.4, -0.2) is 129 Å². The SMILES string of the molecule is C.C#CCBr.C#CCN1C(=O)C(C)(C)N(O)C(C)(C)C1=O.C#CCN1C(=O)C(C)(C)NC(C)(C)C1=O.CC(=O)OO.CC1(C)C(=O)NC(=O)C(C)(C)N1O. The highest BCUT2D eigenvalue weighted by Crippen LogP contribution is 2.32. The average Bonchev–Trinajstić information content (AvgIpc) is 3.06. The number of amides is 6. The van der Waals surface area contributed by atoms with Gasteiger partial charge in [-0.05, 0) is 83.1 Å². The molecule has 0 aliphatic carbocycles. The van der Waals surface area contributed by atoms with Crippen LogP contribution in [0.15, 0.2) is 0 Å². The van der Waals surface area contributed by atoms with E-state index in [1.54, 1.807) is 83.1 Å². The van der Waals surface area contributed by atoms with Crippen LogP contribution in [0.2, 0.25) is 0 Å². The van der Waals surface area contributed by atoms with Crippen molar-refractivity contribution in [1.82, 2.24) is 30.6 Å². The Kier molecular flexibility index (Phi) is 20.5. The van der Waals surface area contributed by atoms with E-state index in [4.69, 9.17) is 24.5 Å². The molecule has 0 bridgehead atoms. The van der Waals surface area contributed by atoms with E-state index in [-0.39, 0.29) is 32.3 Å². The minimum Gasteiger partial charge on any atom is -0.312 e. The van der Waals surface area contributed by atoms with Gasteiger partial charge >= 0.3 is 5.97 Å². The molecule has 0 radical (unpaired) electrons. The van der Waals surface area contributed by atoms with Gasteiger partial charge in [0.15, 0.2) is 0 Å². The molecule has 17 nitrogen and oxygen atoms in total. The summed E-state index contributed by atoms with van der Waals surface area (Å²) in [6, 6.07) is 0. The fourth-order valence-electron chi connectivity index (χ4n) is 5.06. The van der Waals surface area contributed by atoms with Gasteiger partial charge in [-0.2, -0.15) is 15.4 Å². The summed E-state index contributed by atoms with van der Waals surface area (Å²) < 4.78 is 0. The standard InChI is InChI=1S/C11H16N2O3.C11H16N2O2.C8H14N2O3.C3H3Br.C2H4O3.CH4/c1-6-7-12-8(14)10(2,3)13(16)11(4,5)9(12)15;1-6-7-13-8(14)10(2,3)12-11(4,5)9(13)15;1-7(2)5(11)9-6(12)8(3,4)10(7)13;1-2-3-4;1-2(3)5-4;/h1,16H,7H2,2-5H3;1,12H,7H2,2-5H3;13H,1-4H3,(H,9,11,12);1H,3H2;4H,1H3;1H4. The molecule has 3 aliphatic rings. The van der Waals surface area contributed by atoms with Gasteiger partial charge in [0.05, 0.1) is 29.5 Å². The summed E-state index contributed by atoms with van der Waals surface area (Å²) in [7, 11) is 0. The Hall–Kier alpha value is -4.19. The lowest BCUT2D eigenvalue weighted by Crippen LogP contribution is -2.72. The summed E-state index contributed by atoms with van der Waals surface area (Å²) in [5.41, 5.74) is -5.97. The van der Waals surface area contributed by atoms with Gasteiger partial charge in [0.2, 0.25) is 23.6 Å². The lowest BCUT2D eigenvalue weighted by molar-refractivity contribution is -0.241. The Morgan fingerprint density at radius 2 is 0.907 bits per heavy atom. The second kappa shape index (κ2) is 20.5. The molecule has 0 spiro atoms. The highest BCUT2D eigenvalue weighted by atomic mass is 79.9. The first kappa shape index (κ1) is 54.2. The maximum Gasteiger partial charge on any atom is 0.339 e. The van der Waals surface area contributed by atoms with Gasteiger partial charge in [-0.25, -0.2) is 4.79 Å². The first-order valence-corrected chi connectivity index (χ1v) is 17.0. The third-order valence-corrected chi connectivity index (χ3v) is 8.21. The van der Waals surface area contributed by atoms with Crippen LogP contribution in [0.1, 0.15) is 97.4 Å². The van der Waals surface area contributed by atoms with Crippen molar-refractivity contribution in [2.24, 2.45) is 0 Å². The van der Waals surface area contributed by atoms with E-state index in [1.165, 1.54) is 0 Å². The summed E-state index contributed by atoms with van der Waals surface area (Å²) in [4.78, 5) is 84.8. The predicted octanol–water partition coefficient (Wildman–Crippen LogP) is 1.94. The van der Waals surface area contributed by atoms with Crippen LogP contribution < -0.4 is 10.6 Å². The maximum atomic E-state index is 12.0. The molecule has 6 amide bonds.